The van der Waals surface area contributed by atoms with E-state index in [4.69, 9.17) is 9.47 Å². The largest absolute Gasteiger partial charge is 0.497 e. The summed E-state index contributed by atoms with van der Waals surface area (Å²) in [5.74, 6) is 1.90. The minimum absolute atomic E-state index is 0.0989. The molecule has 4 nitrogen and oxygen atoms in total. The van der Waals surface area contributed by atoms with Crippen molar-refractivity contribution in [1.82, 2.24) is 0 Å². The number of anilines is 1. The van der Waals surface area contributed by atoms with Crippen LogP contribution in [0.2, 0.25) is 0 Å². The van der Waals surface area contributed by atoms with E-state index in [2.05, 4.69) is 12.1 Å². The third kappa shape index (κ3) is 2.39. The number of β-lactam (4-membered cyclic amide) rings is 1. The van der Waals surface area contributed by atoms with Gasteiger partial charge in [0.25, 0.3) is 0 Å². The van der Waals surface area contributed by atoms with Crippen LogP contribution in [-0.2, 0) is 4.79 Å². The van der Waals surface area contributed by atoms with Gasteiger partial charge in [0.15, 0.2) is 0 Å². The van der Waals surface area contributed by atoms with Gasteiger partial charge < -0.3 is 14.4 Å². The molecule has 1 saturated heterocycles. The quantitative estimate of drug-likeness (QED) is 0.779. The van der Waals surface area contributed by atoms with Crippen LogP contribution < -0.4 is 14.4 Å². The molecular formula is C21H23NO3. The maximum atomic E-state index is 13.1. The van der Waals surface area contributed by atoms with Gasteiger partial charge in [0.2, 0.25) is 5.91 Å². The molecule has 2 aliphatic rings. The molecule has 0 bridgehead atoms. The summed E-state index contributed by atoms with van der Waals surface area (Å²) in [6, 6.07) is 16.0. The summed E-state index contributed by atoms with van der Waals surface area (Å²) in [5, 5.41) is 0. The lowest BCUT2D eigenvalue weighted by Gasteiger charge is -2.55. The van der Waals surface area contributed by atoms with Crippen molar-refractivity contribution in [2.24, 2.45) is 5.41 Å². The number of hydrogen-bond acceptors (Lipinski definition) is 3. The smallest absolute Gasteiger partial charge is 0.236 e. The Morgan fingerprint density at radius 3 is 1.92 bits per heavy atom. The summed E-state index contributed by atoms with van der Waals surface area (Å²) in [7, 11) is 3.32. The number of benzene rings is 2. The van der Waals surface area contributed by atoms with E-state index in [9.17, 15) is 4.79 Å². The first-order chi connectivity index (χ1) is 12.2. The second-order valence-electron chi connectivity index (χ2n) is 6.91. The summed E-state index contributed by atoms with van der Waals surface area (Å²) in [6.07, 6.45) is 4.23. The Morgan fingerprint density at radius 2 is 1.40 bits per heavy atom. The molecule has 0 N–H and O–H groups in total. The molecule has 2 aromatic rings. The third-order valence-electron chi connectivity index (χ3n) is 5.70. The maximum absolute atomic E-state index is 13.1. The molecule has 0 radical (unpaired) electrons. The number of carbonyl (C=O) groups excluding carboxylic acids is 1. The van der Waals surface area contributed by atoms with Crippen molar-refractivity contribution >= 4 is 11.6 Å². The molecule has 1 saturated carbocycles. The Morgan fingerprint density at radius 1 is 0.880 bits per heavy atom. The molecule has 1 amide bonds. The van der Waals surface area contributed by atoms with Crippen LogP contribution in [-0.4, -0.2) is 20.1 Å². The standard InChI is InChI=1S/C21H23NO3/c1-24-17-9-5-15(6-10-17)19-21(13-3-4-14-21)20(23)22(19)16-7-11-18(25-2)12-8-16/h5-12,19H,3-4,13-14H2,1-2H3/t19-/m0/s1. The molecule has 0 unspecified atom stereocenters. The van der Waals surface area contributed by atoms with E-state index >= 15 is 0 Å². The summed E-state index contributed by atoms with van der Waals surface area (Å²) in [4.78, 5) is 15.1. The highest BCUT2D eigenvalue weighted by Crippen LogP contribution is 2.60. The van der Waals surface area contributed by atoms with Crippen molar-refractivity contribution in [3.63, 3.8) is 0 Å². The highest BCUT2D eigenvalue weighted by molar-refractivity contribution is 6.06. The maximum Gasteiger partial charge on any atom is 0.236 e. The summed E-state index contributed by atoms with van der Waals surface area (Å²) >= 11 is 0. The van der Waals surface area contributed by atoms with Crippen molar-refractivity contribution in [2.75, 3.05) is 19.1 Å². The van der Waals surface area contributed by atoms with Crippen LogP contribution in [0, 0.1) is 5.41 Å². The Hall–Kier alpha value is -2.49. The van der Waals surface area contributed by atoms with E-state index in [0.717, 1.165) is 42.9 Å². The minimum atomic E-state index is -0.228. The first kappa shape index (κ1) is 16.0. The van der Waals surface area contributed by atoms with Crippen LogP contribution in [0.3, 0.4) is 0 Å². The Kier molecular flexibility index (Phi) is 3.91. The predicted octanol–water partition coefficient (Wildman–Crippen LogP) is 4.35. The molecule has 2 aromatic carbocycles. The second kappa shape index (κ2) is 6.10. The molecule has 4 heteroatoms. The van der Waals surface area contributed by atoms with Gasteiger partial charge in [0.1, 0.15) is 11.5 Å². The molecule has 1 atom stereocenters. The van der Waals surface area contributed by atoms with Crippen molar-refractivity contribution < 1.29 is 14.3 Å². The number of methoxy groups -OCH3 is 2. The van der Waals surface area contributed by atoms with Crippen LogP contribution in [0.15, 0.2) is 48.5 Å². The van der Waals surface area contributed by atoms with E-state index in [1.165, 1.54) is 5.56 Å². The number of carbonyl (C=O) groups is 1. The van der Waals surface area contributed by atoms with Gasteiger partial charge in [-0.1, -0.05) is 25.0 Å². The van der Waals surface area contributed by atoms with Crippen LogP contribution in [0.5, 0.6) is 11.5 Å². The zero-order chi connectivity index (χ0) is 17.4. The Balaban J connectivity index is 1.72. The van der Waals surface area contributed by atoms with Crippen LogP contribution in [0.25, 0.3) is 0 Å². The lowest BCUT2D eigenvalue weighted by atomic mass is 9.66. The summed E-state index contributed by atoms with van der Waals surface area (Å²) < 4.78 is 10.5. The number of rotatable bonds is 4. The average molecular weight is 337 g/mol. The molecule has 1 spiro atoms. The Bertz CT molecular complexity index is 761. The molecule has 25 heavy (non-hydrogen) atoms. The summed E-state index contributed by atoms with van der Waals surface area (Å²) in [6.45, 7) is 0. The fourth-order valence-corrected chi connectivity index (χ4v) is 4.41. The van der Waals surface area contributed by atoms with Crippen molar-refractivity contribution in [3.8, 4) is 11.5 Å². The molecule has 4 rings (SSSR count). The number of nitrogens with zero attached hydrogens (tertiary/aromatic N) is 1. The Labute approximate surface area is 148 Å². The zero-order valence-corrected chi connectivity index (χ0v) is 14.7. The van der Waals surface area contributed by atoms with Gasteiger partial charge in [0, 0.05) is 5.69 Å². The molecule has 130 valence electrons. The highest BCUT2D eigenvalue weighted by atomic mass is 16.5. The third-order valence-corrected chi connectivity index (χ3v) is 5.70. The molecule has 1 heterocycles. The monoisotopic (exact) mass is 337 g/mol. The van der Waals surface area contributed by atoms with Gasteiger partial charge in [0.05, 0.1) is 25.7 Å². The van der Waals surface area contributed by atoms with Crippen LogP contribution >= 0.6 is 0 Å². The van der Waals surface area contributed by atoms with E-state index in [1.54, 1.807) is 14.2 Å². The fourth-order valence-electron chi connectivity index (χ4n) is 4.41. The average Bonchev–Trinajstić information content (AvgIpc) is 3.18. The topological polar surface area (TPSA) is 38.8 Å². The molecular weight excluding hydrogens is 314 g/mol. The highest BCUT2D eigenvalue weighted by Gasteiger charge is 2.62. The van der Waals surface area contributed by atoms with Gasteiger partial charge in [-0.15, -0.1) is 0 Å². The normalized spacial score (nSPS) is 21.3. The van der Waals surface area contributed by atoms with Gasteiger partial charge >= 0.3 is 0 Å². The van der Waals surface area contributed by atoms with Gasteiger partial charge in [-0.2, -0.15) is 0 Å². The summed E-state index contributed by atoms with van der Waals surface area (Å²) in [5.41, 5.74) is 1.89. The number of ether oxygens (including phenoxy) is 2. The number of amides is 1. The van der Waals surface area contributed by atoms with Gasteiger partial charge in [-0.05, 0) is 54.8 Å². The van der Waals surface area contributed by atoms with Crippen molar-refractivity contribution in [1.29, 1.82) is 0 Å². The first-order valence-electron chi connectivity index (χ1n) is 8.81. The lowest BCUT2D eigenvalue weighted by molar-refractivity contribution is -0.139. The SMILES string of the molecule is COc1ccc([C@@H]2N(c3ccc(OC)cc3)C(=O)C23CCCC3)cc1. The van der Waals surface area contributed by atoms with E-state index in [0.29, 0.717) is 0 Å². The minimum Gasteiger partial charge on any atom is -0.497 e. The van der Waals surface area contributed by atoms with Gasteiger partial charge in [-0.25, -0.2) is 0 Å². The van der Waals surface area contributed by atoms with Crippen LogP contribution in [0.4, 0.5) is 5.69 Å². The second-order valence-corrected chi connectivity index (χ2v) is 6.91. The molecule has 2 fully saturated rings. The van der Waals surface area contributed by atoms with Gasteiger partial charge in [-0.3, -0.25) is 4.79 Å². The fraction of sp³-hybridized carbons (Fsp3) is 0.381. The molecule has 1 aliphatic carbocycles. The zero-order valence-electron chi connectivity index (χ0n) is 14.7. The van der Waals surface area contributed by atoms with E-state index in [1.807, 2.05) is 41.3 Å². The van der Waals surface area contributed by atoms with Crippen molar-refractivity contribution in [3.05, 3.63) is 54.1 Å². The lowest BCUT2D eigenvalue weighted by Crippen LogP contribution is -2.62. The molecule has 0 aromatic heterocycles. The first-order valence-corrected chi connectivity index (χ1v) is 8.81. The van der Waals surface area contributed by atoms with E-state index in [-0.39, 0.29) is 17.4 Å². The molecule has 1 aliphatic heterocycles. The van der Waals surface area contributed by atoms with E-state index < -0.39 is 0 Å². The number of hydrogen-bond donors (Lipinski definition) is 0. The predicted molar refractivity (Wildman–Crippen MR) is 97.1 cm³/mol. The van der Waals surface area contributed by atoms with Crippen molar-refractivity contribution in [2.45, 2.75) is 31.7 Å². The van der Waals surface area contributed by atoms with Crippen LogP contribution in [0.1, 0.15) is 37.3 Å².